The number of nitrogens with two attached hydrogens (primary N) is 1. The maximum absolute atomic E-state index is 13.0. The second kappa shape index (κ2) is 5.94. The third-order valence-electron chi connectivity index (χ3n) is 4.79. The zero-order valence-electron chi connectivity index (χ0n) is 15.0. The molecule has 0 unspecified atom stereocenters. The van der Waals surface area contributed by atoms with Gasteiger partial charge in [-0.2, -0.15) is 5.10 Å². The van der Waals surface area contributed by atoms with Crippen molar-refractivity contribution in [1.82, 2.24) is 24.3 Å². The van der Waals surface area contributed by atoms with Crippen LogP contribution >= 0.6 is 0 Å². The van der Waals surface area contributed by atoms with Crippen molar-refractivity contribution in [2.24, 2.45) is 0 Å². The highest BCUT2D eigenvalue weighted by Gasteiger charge is 2.15. The Labute approximate surface area is 150 Å². The molecule has 0 bridgehead atoms. The predicted octanol–water partition coefficient (Wildman–Crippen LogP) is 2.41. The fraction of sp³-hybridized carbons (Fsp3) is 0.263. The van der Waals surface area contributed by atoms with E-state index in [9.17, 15) is 4.79 Å². The number of rotatable bonds is 3. The highest BCUT2D eigenvalue weighted by molar-refractivity contribution is 5.88. The molecule has 0 fully saturated rings. The molecule has 0 aliphatic heterocycles. The van der Waals surface area contributed by atoms with Crippen LogP contribution in [-0.4, -0.2) is 24.3 Å². The molecule has 7 heteroatoms. The Balaban J connectivity index is 1.94. The van der Waals surface area contributed by atoms with Crippen molar-refractivity contribution in [1.29, 1.82) is 0 Å². The number of anilines is 1. The van der Waals surface area contributed by atoms with Crippen molar-refractivity contribution in [2.45, 2.75) is 33.9 Å². The summed E-state index contributed by atoms with van der Waals surface area (Å²) in [7, 11) is 0. The zero-order valence-corrected chi connectivity index (χ0v) is 15.0. The van der Waals surface area contributed by atoms with Gasteiger partial charge in [-0.1, -0.05) is 18.2 Å². The van der Waals surface area contributed by atoms with Gasteiger partial charge in [-0.05, 0) is 37.8 Å². The number of aromatic nitrogens is 5. The molecule has 3 heterocycles. The highest BCUT2D eigenvalue weighted by atomic mass is 16.1. The molecular formula is C19H20N6O. The van der Waals surface area contributed by atoms with Gasteiger partial charge < -0.3 is 10.3 Å². The van der Waals surface area contributed by atoms with E-state index in [1.807, 2.05) is 39.0 Å². The Morgan fingerprint density at radius 2 is 1.96 bits per heavy atom. The summed E-state index contributed by atoms with van der Waals surface area (Å²) in [5.41, 5.74) is 9.33. The predicted molar refractivity (Wildman–Crippen MR) is 102 cm³/mol. The van der Waals surface area contributed by atoms with E-state index in [1.54, 1.807) is 9.25 Å². The van der Waals surface area contributed by atoms with Crippen LogP contribution < -0.4 is 11.3 Å². The minimum absolute atomic E-state index is 0.0282. The molecule has 4 aromatic rings. The first-order valence-electron chi connectivity index (χ1n) is 8.57. The van der Waals surface area contributed by atoms with E-state index in [-0.39, 0.29) is 5.56 Å². The molecule has 0 spiro atoms. The minimum atomic E-state index is 0.0282. The Hall–Kier alpha value is -3.22. The van der Waals surface area contributed by atoms with E-state index in [1.165, 1.54) is 6.33 Å². The van der Waals surface area contributed by atoms with Gasteiger partial charge in [0.1, 0.15) is 12.1 Å². The average Bonchev–Trinajstić information content (AvgIpc) is 2.92. The first-order valence-corrected chi connectivity index (χ1v) is 8.57. The molecule has 0 radical (unpaired) electrons. The Bertz CT molecular complexity index is 1200. The first kappa shape index (κ1) is 16.3. The highest BCUT2D eigenvalue weighted by Crippen LogP contribution is 2.22. The molecule has 0 aliphatic rings. The molecule has 7 nitrogen and oxygen atoms in total. The van der Waals surface area contributed by atoms with Crippen molar-refractivity contribution in [3.05, 3.63) is 57.9 Å². The summed E-state index contributed by atoms with van der Waals surface area (Å²) in [6.07, 6.45) is 1.44. The Kier molecular flexibility index (Phi) is 3.72. The van der Waals surface area contributed by atoms with Crippen molar-refractivity contribution >= 4 is 27.6 Å². The van der Waals surface area contributed by atoms with Crippen molar-refractivity contribution in [3.8, 4) is 0 Å². The lowest BCUT2D eigenvalue weighted by Crippen LogP contribution is -2.25. The molecule has 3 aromatic heterocycles. The fourth-order valence-corrected chi connectivity index (χ4v) is 3.58. The fourth-order valence-electron chi connectivity index (χ4n) is 3.58. The molecule has 1 aromatic carbocycles. The Morgan fingerprint density at radius 1 is 1.15 bits per heavy atom. The van der Waals surface area contributed by atoms with Crippen LogP contribution in [0.3, 0.4) is 0 Å². The van der Waals surface area contributed by atoms with Crippen LogP contribution in [0.5, 0.6) is 0 Å². The standard InChI is InChI=1S/C19H20N6O/c1-4-24-14(8-13-7-5-6-11(2)15(13)19(24)26)9-25-18-16(12(3)23-25)17(20)21-10-22-18/h5-8,10H,4,9H2,1-3H3,(H2,20,21,22). The summed E-state index contributed by atoms with van der Waals surface area (Å²) in [5.74, 6) is 0.417. The second-order valence-electron chi connectivity index (χ2n) is 6.42. The van der Waals surface area contributed by atoms with Crippen LogP contribution in [0, 0.1) is 13.8 Å². The number of hydrogen-bond donors (Lipinski definition) is 1. The average molecular weight is 348 g/mol. The second-order valence-corrected chi connectivity index (χ2v) is 6.42. The number of pyridine rings is 1. The van der Waals surface area contributed by atoms with Gasteiger partial charge in [-0.3, -0.25) is 4.79 Å². The maximum atomic E-state index is 13.0. The van der Waals surface area contributed by atoms with Gasteiger partial charge in [0.15, 0.2) is 5.65 Å². The molecular weight excluding hydrogens is 328 g/mol. The van der Waals surface area contributed by atoms with Gasteiger partial charge in [-0.15, -0.1) is 0 Å². The summed E-state index contributed by atoms with van der Waals surface area (Å²) in [5, 5.41) is 7.04. The number of nitrogens with zero attached hydrogens (tertiary/aromatic N) is 5. The summed E-state index contributed by atoms with van der Waals surface area (Å²) in [6.45, 7) is 6.85. The van der Waals surface area contributed by atoms with Crippen LogP contribution in [0.2, 0.25) is 0 Å². The lowest BCUT2D eigenvalue weighted by molar-refractivity contribution is 0.613. The van der Waals surface area contributed by atoms with E-state index < -0.39 is 0 Å². The molecule has 0 atom stereocenters. The summed E-state index contributed by atoms with van der Waals surface area (Å²) < 4.78 is 3.58. The van der Waals surface area contributed by atoms with E-state index in [2.05, 4.69) is 21.1 Å². The maximum Gasteiger partial charge on any atom is 0.258 e. The molecule has 0 aliphatic carbocycles. The molecule has 4 rings (SSSR count). The van der Waals surface area contributed by atoms with E-state index in [0.717, 1.165) is 33.1 Å². The van der Waals surface area contributed by atoms with Gasteiger partial charge in [0.05, 0.1) is 23.0 Å². The van der Waals surface area contributed by atoms with Crippen LogP contribution in [0.1, 0.15) is 23.9 Å². The van der Waals surface area contributed by atoms with E-state index in [0.29, 0.717) is 24.6 Å². The molecule has 2 N–H and O–H groups in total. The number of nitrogen functional groups attached to an aromatic ring is 1. The quantitative estimate of drug-likeness (QED) is 0.614. The molecule has 0 saturated carbocycles. The smallest absolute Gasteiger partial charge is 0.258 e. The number of fused-ring (bicyclic) bond motifs is 2. The van der Waals surface area contributed by atoms with Crippen LogP contribution in [-0.2, 0) is 13.1 Å². The van der Waals surface area contributed by atoms with Gasteiger partial charge in [0.2, 0.25) is 0 Å². The third-order valence-corrected chi connectivity index (χ3v) is 4.79. The van der Waals surface area contributed by atoms with E-state index in [4.69, 9.17) is 5.73 Å². The van der Waals surface area contributed by atoms with Gasteiger partial charge >= 0.3 is 0 Å². The summed E-state index contributed by atoms with van der Waals surface area (Å²) in [6, 6.07) is 7.96. The van der Waals surface area contributed by atoms with Crippen LogP contribution in [0.15, 0.2) is 35.4 Å². The molecule has 132 valence electrons. The Morgan fingerprint density at radius 3 is 2.73 bits per heavy atom. The first-order chi connectivity index (χ1) is 12.5. The zero-order chi connectivity index (χ0) is 18.4. The number of hydrogen-bond acceptors (Lipinski definition) is 5. The van der Waals surface area contributed by atoms with Crippen molar-refractivity contribution in [3.63, 3.8) is 0 Å². The number of benzene rings is 1. The number of aryl methyl sites for hydroxylation is 2. The van der Waals surface area contributed by atoms with E-state index >= 15 is 0 Å². The third kappa shape index (κ3) is 2.35. The van der Waals surface area contributed by atoms with Crippen molar-refractivity contribution < 1.29 is 0 Å². The minimum Gasteiger partial charge on any atom is -0.383 e. The van der Waals surface area contributed by atoms with Gasteiger partial charge in [0.25, 0.3) is 5.56 Å². The largest absolute Gasteiger partial charge is 0.383 e. The summed E-state index contributed by atoms with van der Waals surface area (Å²) in [4.78, 5) is 21.4. The molecule has 0 saturated heterocycles. The van der Waals surface area contributed by atoms with Crippen molar-refractivity contribution in [2.75, 3.05) is 5.73 Å². The van der Waals surface area contributed by atoms with Crippen LogP contribution in [0.25, 0.3) is 21.8 Å². The summed E-state index contributed by atoms with van der Waals surface area (Å²) >= 11 is 0. The monoisotopic (exact) mass is 348 g/mol. The molecule has 26 heavy (non-hydrogen) atoms. The molecule has 0 amide bonds. The lowest BCUT2D eigenvalue weighted by Gasteiger charge is -2.14. The topological polar surface area (TPSA) is 91.6 Å². The lowest BCUT2D eigenvalue weighted by atomic mass is 10.1. The normalized spacial score (nSPS) is 11.5. The van der Waals surface area contributed by atoms with Gasteiger partial charge in [-0.25, -0.2) is 14.6 Å². The van der Waals surface area contributed by atoms with Gasteiger partial charge in [0, 0.05) is 12.2 Å². The van der Waals surface area contributed by atoms with Crippen LogP contribution in [0.4, 0.5) is 5.82 Å². The SMILES string of the molecule is CCn1c(Cn2nc(C)c3c(N)ncnc32)cc2cccc(C)c2c1=O.